The molecule has 0 bridgehead atoms. The maximum Gasteiger partial charge on any atom is 0.260 e. The molecule has 136 valence electrons. The number of hydrogen-bond acceptors (Lipinski definition) is 5. The van der Waals surface area contributed by atoms with Gasteiger partial charge in [0.2, 0.25) is 0 Å². The first-order valence-electron chi connectivity index (χ1n) is 8.81. The van der Waals surface area contributed by atoms with Crippen LogP contribution >= 0.6 is 0 Å². The summed E-state index contributed by atoms with van der Waals surface area (Å²) in [5.41, 5.74) is 0.884. The molecular weight excluding hydrogens is 334 g/mol. The van der Waals surface area contributed by atoms with Gasteiger partial charge in [-0.05, 0) is 31.0 Å². The van der Waals surface area contributed by atoms with E-state index in [9.17, 15) is 9.59 Å². The van der Waals surface area contributed by atoms with Crippen LogP contribution in [0.1, 0.15) is 12.8 Å². The Morgan fingerprint density at radius 1 is 1.15 bits per heavy atom. The molecule has 0 N–H and O–H groups in total. The summed E-state index contributed by atoms with van der Waals surface area (Å²) in [6.07, 6.45) is 5.53. The van der Waals surface area contributed by atoms with Gasteiger partial charge in [0.15, 0.2) is 0 Å². The normalized spacial score (nSPS) is 17.3. The largest absolute Gasteiger partial charge is 0.383 e. The van der Waals surface area contributed by atoms with Crippen LogP contribution in [0.3, 0.4) is 0 Å². The Morgan fingerprint density at radius 2 is 1.85 bits per heavy atom. The minimum absolute atomic E-state index is 0.0739. The van der Waals surface area contributed by atoms with Gasteiger partial charge < -0.3 is 18.6 Å². The number of hydrogen-bond donors (Lipinski definition) is 0. The Kier molecular flexibility index (Phi) is 4.57. The quantitative estimate of drug-likeness (QED) is 0.649. The molecule has 26 heavy (non-hydrogen) atoms. The first-order chi connectivity index (χ1) is 12.7. The van der Waals surface area contributed by atoms with E-state index in [4.69, 9.17) is 9.47 Å². The van der Waals surface area contributed by atoms with E-state index in [1.807, 2.05) is 6.07 Å². The number of rotatable bonds is 5. The van der Waals surface area contributed by atoms with Crippen LogP contribution < -0.4 is 11.1 Å². The summed E-state index contributed by atoms with van der Waals surface area (Å²) in [6.45, 7) is 2.18. The zero-order valence-corrected chi connectivity index (χ0v) is 14.7. The Hall–Kier alpha value is -2.51. The number of fused-ring (bicyclic) bond motifs is 2. The standard InChI is InChI=1S/C19H21N3O4/c1-25-10-8-21-6-4-16-14(18(21)23)11-15-17(20-16)5-7-22(19(15)24)12-13-3-2-9-26-13/h4-7,11,13H,2-3,8-10,12H2,1H3/t13-/m1/s1. The number of methoxy groups -OCH3 is 1. The van der Waals surface area contributed by atoms with Gasteiger partial charge in [-0.15, -0.1) is 0 Å². The zero-order chi connectivity index (χ0) is 18.1. The van der Waals surface area contributed by atoms with Crippen LogP contribution in [0.25, 0.3) is 21.8 Å². The lowest BCUT2D eigenvalue weighted by atomic mass is 10.2. The summed E-state index contributed by atoms with van der Waals surface area (Å²) in [4.78, 5) is 30.1. The lowest BCUT2D eigenvalue weighted by Gasteiger charge is -2.12. The van der Waals surface area contributed by atoms with Gasteiger partial charge in [0.05, 0.1) is 41.1 Å². The number of pyridine rings is 3. The van der Waals surface area contributed by atoms with Gasteiger partial charge in [-0.3, -0.25) is 9.59 Å². The van der Waals surface area contributed by atoms with Crippen molar-refractivity contribution in [1.29, 1.82) is 0 Å². The minimum Gasteiger partial charge on any atom is -0.383 e. The van der Waals surface area contributed by atoms with Gasteiger partial charge in [0, 0.05) is 32.7 Å². The molecule has 0 saturated carbocycles. The molecule has 0 spiro atoms. The molecule has 1 fully saturated rings. The molecule has 0 amide bonds. The topological polar surface area (TPSA) is 75.3 Å². The molecule has 7 nitrogen and oxygen atoms in total. The minimum atomic E-state index is -0.164. The van der Waals surface area contributed by atoms with E-state index in [-0.39, 0.29) is 17.2 Å². The summed E-state index contributed by atoms with van der Waals surface area (Å²) in [7, 11) is 1.59. The summed E-state index contributed by atoms with van der Waals surface area (Å²) < 4.78 is 13.9. The van der Waals surface area contributed by atoms with E-state index in [2.05, 4.69) is 4.98 Å². The fraction of sp³-hybridized carbons (Fsp3) is 0.421. The molecule has 3 aromatic heterocycles. The molecule has 0 unspecified atom stereocenters. The summed E-state index contributed by atoms with van der Waals surface area (Å²) in [5, 5.41) is 0.905. The predicted molar refractivity (Wildman–Crippen MR) is 98.6 cm³/mol. The Labute approximate surface area is 149 Å². The lowest BCUT2D eigenvalue weighted by molar-refractivity contribution is 0.0963. The molecular formula is C19H21N3O4. The van der Waals surface area contributed by atoms with Crippen LogP contribution in [0, 0.1) is 0 Å². The van der Waals surface area contributed by atoms with Crippen molar-refractivity contribution in [3.05, 3.63) is 51.3 Å². The third kappa shape index (κ3) is 3.04. The van der Waals surface area contributed by atoms with Crippen LogP contribution in [-0.2, 0) is 22.6 Å². The Morgan fingerprint density at radius 3 is 2.50 bits per heavy atom. The fourth-order valence-electron chi connectivity index (χ4n) is 3.42. The second-order valence-electron chi connectivity index (χ2n) is 6.57. The number of ether oxygens (including phenoxy) is 2. The van der Waals surface area contributed by atoms with Crippen molar-refractivity contribution in [1.82, 2.24) is 14.1 Å². The van der Waals surface area contributed by atoms with Crippen LogP contribution in [0.4, 0.5) is 0 Å². The molecule has 1 saturated heterocycles. The maximum absolute atomic E-state index is 12.9. The molecule has 7 heteroatoms. The van der Waals surface area contributed by atoms with Gasteiger partial charge in [0.1, 0.15) is 0 Å². The average molecular weight is 355 g/mol. The highest BCUT2D eigenvalue weighted by molar-refractivity contribution is 5.91. The highest BCUT2D eigenvalue weighted by atomic mass is 16.5. The molecule has 4 heterocycles. The van der Waals surface area contributed by atoms with Gasteiger partial charge in [-0.1, -0.05) is 0 Å². The van der Waals surface area contributed by atoms with Crippen LogP contribution in [0.15, 0.2) is 40.2 Å². The average Bonchev–Trinajstić information content (AvgIpc) is 3.16. The van der Waals surface area contributed by atoms with Crippen molar-refractivity contribution in [2.45, 2.75) is 32.0 Å². The van der Waals surface area contributed by atoms with Crippen molar-refractivity contribution >= 4 is 21.8 Å². The lowest BCUT2D eigenvalue weighted by Crippen LogP contribution is -2.26. The monoisotopic (exact) mass is 355 g/mol. The van der Waals surface area contributed by atoms with Crippen LogP contribution in [-0.4, -0.2) is 40.5 Å². The second kappa shape index (κ2) is 7.01. The van der Waals surface area contributed by atoms with Crippen molar-refractivity contribution in [2.75, 3.05) is 20.3 Å². The van der Waals surface area contributed by atoms with E-state index in [0.717, 1.165) is 19.4 Å². The molecule has 1 atom stereocenters. The van der Waals surface area contributed by atoms with Gasteiger partial charge in [0.25, 0.3) is 11.1 Å². The number of nitrogens with zero attached hydrogens (tertiary/aromatic N) is 3. The van der Waals surface area contributed by atoms with Crippen LogP contribution in [0.5, 0.6) is 0 Å². The van der Waals surface area contributed by atoms with Crippen molar-refractivity contribution in [3.63, 3.8) is 0 Å². The molecule has 3 aromatic rings. The summed E-state index contributed by atoms with van der Waals surface area (Å²) >= 11 is 0. The summed E-state index contributed by atoms with van der Waals surface area (Å²) in [5.74, 6) is 0. The van der Waals surface area contributed by atoms with Crippen molar-refractivity contribution in [3.8, 4) is 0 Å². The predicted octanol–water partition coefficient (Wildman–Crippen LogP) is 1.54. The molecule has 1 aliphatic rings. The van der Waals surface area contributed by atoms with Gasteiger partial charge in [-0.2, -0.15) is 0 Å². The summed E-state index contributed by atoms with van der Waals surface area (Å²) in [6, 6.07) is 5.28. The van der Waals surface area contributed by atoms with Crippen molar-refractivity contribution in [2.24, 2.45) is 0 Å². The highest BCUT2D eigenvalue weighted by Gasteiger charge is 2.17. The third-order valence-electron chi connectivity index (χ3n) is 4.85. The maximum atomic E-state index is 12.9. The first-order valence-corrected chi connectivity index (χ1v) is 8.81. The molecule has 4 rings (SSSR count). The SMILES string of the molecule is COCCn1ccc2nc3ccn(C[C@H]4CCCO4)c(=O)c3cc2c1=O. The Balaban J connectivity index is 1.82. The highest BCUT2D eigenvalue weighted by Crippen LogP contribution is 2.16. The second-order valence-corrected chi connectivity index (χ2v) is 6.57. The first kappa shape index (κ1) is 16.9. The van der Waals surface area contributed by atoms with E-state index >= 15 is 0 Å². The molecule has 0 radical (unpaired) electrons. The molecule has 0 aromatic carbocycles. The fourth-order valence-corrected chi connectivity index (χ4v) is 3.42. The van der Waals surface area contributed by atoms with Gasteiger partial charge in [-0.25, -0.2) is 4.98 Å². The van der Waals surface area contributed by atoms with E-state index in [1.54, 1.807) is 40.8 Å². The molecule has 1 aliphatic heterocycles. The smallest absolute Gasteiger partial charge is 0.260 e. The van der Waals surface area contributed by atoms with Crippen LogP contribution in [0.2, 0.25) is 0 Å². The van der Waals surface area contributed by atoms with Gasteiger partial charge >= 0.3 is 0 Å². The van der Waals surface area contributed by atoms with E-state index < -0.39 is 0 Å². The van der Waals surface area contributed by atoms with E-state index in [0.29, 0.717) is 41.5 Å². The zero-order valence-electron chi connectivity index (χ0n) is 14.7. The Bertz CT molecular complexity index is 1060. The van der Waals surface area contributed by atoms with E-state index in [1.165, 1.54) is 0 Å². The van der Waals surface area contributed by atoms with Crippen molar-refractivity contribution < 1.29 is 9.47 Å². The third-order valence-corrected chi connectivity index (χ3v) is 4.85. The number of aromatic nitrogens is 3. The molecule has 0 aliphatic carbocycles.